The smallest absolute Gasteiger partial charge is 0.264 e. The van der Waals surface area contributed by atoms with E-state index >= 15 is 0 Å². The molecule has 0 saturated carbocycles. The molecule has 1 saturated heterocycles. The number of hydrogen-bond donors (Lipinski definition) is 1. The van der Waals surface area contributed by atoms with Crippen molar-refractivity contribution in [1.82, 2.24) is 8.87 Å². The van der Waals surface area contributed by atoms with E-state index in [0.29, 0.717) is 29.8 Å². The van der Waals surface area contributed by atoms with Gasteiger partial charge in [-0.15, -0.1) is 0 Å². The van der Waals surface area contributed by atoms with Gasteiger partial charge in [-0.25, -0.2) is 12.7 Å². The zero-order chi connectivity index (χ0) is 14.9. The molecule has 112 valence electrons. The number of piperidine rings is 1. The molecule has 0 aromatic carbocycles. The number of aromatic nitrogens is 1. The van der Waals surface area contributed by atoms with Crippen molar-refractivity contribution in [3.8, 4) is 0 Å². The lowest BCUT2D eigenvalue weighted by molar-refractivity contribution is 0.245. The molecule has 0 amide bonds. The second-order valence-electron chi connectivity index (χ2n) is 5.21. The monoisotopic (exact) mass is 363 g/mol. The molecule has 6 nitrogen and oxygen atoms in total. The molecule has 2 rings (SSSR count). The Morgan fingerprint density at radius 1 is 1.50 bits per heavy atom. The van der Waals surface area contributed by atoms with Crippen LogP contribution in [0.4, 0.5) is 5.69 Å². The molecule has 8 heteroatoms. The Kier molecular flexibility index (Phi) is 4.55. The number of halogens is 1. The Bertz CT molecular complexity index is 656. The highest BCUT2D eigenvalue weighted by Crippen LogP contribution is 2.20. The van der Waals surface area contributed by atoms with E-state index in [2.05, 4.69) is 15.9 Å². The van der Waals surface area contributed by atoms with E-state index in [-0.39, 0.29) is 11.5 Å². The fourth-order valence-electron chi connectivity index (χ4n) is 2.51. The van der Waals surface area contributed by atoms with Gasteiger partial charge < -0.3 is 10.3 Å². The van der Waals surface area contributed by atoms with E-state index < -0.39 is 10.0 Å². The summed E-state index contributed by atoms with van der Waals surface area (Å²) in [6.07, 6.45) is 4.55. The van der Waals surface area contributed by atoms with E-state index in [1.165, 1.54) is 10.6 Å². The predicted octanol–water partition coefficient (Wildman–Crippen LogP) is 0.865. The van der Waals surface area contributed by atoms with Gasteiger partial charge in [0.15, 0.2) is 0 Å². The molecule has 0 bridgehead atoms. The third-order valence-corrected chi connectivity index (χ3v) is 5.31. The van der Waals surface area contributed by atoms with Crippen molar-refractivity contribution >= 4 is 31.6 Å². The van der Waals surface area contributed by atoms with Crippen LogP contribution < -0.4 is 11.3 Å². The van der Waals surface area contributed by atoms with Gasteiger partial charge in [0.1, 0.15) is 0 Å². The number of rotatable bonds is 3. The maximum Gasteiger partial charge on any atom is 0.264 e. The van der Waals surface area contributed by atoms with E-state index in [4.69, 9.17) is 5.73 Å². The molecule has 0 radical (unpaired) electrons. The first-order chi connectivity index (χ1) is 9.27. The van der Waals surface area contributed by atoms with Crippen molar-refractivity contribution in [1.29, 1.82) is 0 Å². The van der Waals surface area contributed by atoms with E-state index in [9.17, 15) is 13.2 Å². The average molecular weight is 364 g/mol. The first-order valence-electron chi connectivity index (χ1n) is 6.38. The zero-order valence-electron chi connectivity index (χ0n) is 11.3. The van der Waals surface area contributed by atoms with Gasteiger partial charge in [0.25, 0.3) is 5.56 Å². The molecular formula is C12H18BrN3O3S. The third kappa shape index (κ3) is 3.62. The number of nitrogen functional groups attached to an aromatic ring is 1. The minimum Gasteiger partial charge on any atom is -0.398 e. The molecule has 1 aromatic heterocycles. The van der Waals surface area contributed by atoms with Crippen LogP contribution in [0.25, 0.3) is 0 Å². The molecular weight excluding hydrogens is 346 g/mol. The van der Waals surface area contributed by atoms with Crippen LogP contribution in [-0.2, 0) is 16.6 Å². The zero-order valence-corrected chi connectivity index (χ0v) is 13.7. The predicted molar refractivity (Wildman–Crippen MR) is 82.0 cm³/mol. The fourth-order valence-corrected chi connectivity index (χ4v) is 3.95. The molecule has 0 spiro atoms. The minimum atomic E-state index is -3.17. The molecule has 2 N–H and O–H groups in total. The summed E-state index contributed by atoms with van der Waals surface area (Å²) in [5, 5.41) is 0. The SMILES string of the molecule is CS(=O)(=O)N1CCCC(Cn2cc(N)cc(Br)c2=O)C1. The van der Waals surface area contributed by atoms with Crippen LogP contribution >= 0.6 is 15.9 Å². The van der Waals surface area contributed by atoms with Crippen LogP contribution in [0.3, 0.4) is 0 Å². The van der Waals surface area contributed by atoms with Crippen LogP contribution in [0.5, 0.6) is 0 Å². The van der Waals surface area contributed by atoms with Crippen molar-refractivity contribution in [2.24, 2.45) is 5.92 Å². The summed E-state index contributed by atoms with van der Waals surface area (Å²) >= 11 is 3.19. The topological polar surface area (TPSA) is 85.4 Å². The number of hydrogen-bond acceptors (Lipinski definition) is 4. The lowest BCUT2D eigenvalue weighted by Gasteiger charge is -2.31. The summed E-state index contributed by atoms with van der Waals surface area (Å²) in [6, 6.07) is 1.57. The summed E-state index contributed by atoms with van der Waals surface area (Å²) in [5.41, 5.74) is 6.10. The Balaban J connectivity index is 2.16. The second-order valence-corrected chi connectivity index (χ2v) is 8.04. The third-order valence-electron chi connectivity index (χ3n) is 3.47. The molecule has 0 aliphatic carbocycles. The van der Waals surface area contributed by atoms with Crippen molar-refractivity contribution < 1.29 is 8.42 Å². The van der Waals surface area contributed by atoms with Gasteiger partial charge in [0, 0.05) is 31.5 Å². The molecule has 1 fully saturated rings. The van der Waals surface area contributed by atoms with Crippen LogP contribution in [0.15, 0.2) is 21.5 Å². The summed E-state index contributed by atoms with van der Waals surface area (Å²) in [4.78, 5) is 12.0. The van der Waals surface area contributed by atoms with Gasteiger partial charge in [0.05, 0.1) is 10.7 Å². The number of sulfonamides is 1. The quantitative estimate of drug-likeness (QED) is 0.862. The maximum absolute atomic E-state index is 12.0. The Morgan fingerprint density at radius 2 is 2.20 bits per heavy atom. The number of pyridine rings is 1. The molecule has 1 aliphatic heterocycles. The van der Waals surface area contributed by atoms with Gasteiger partial charge in [0.2, 0.25) is 10.0 Å². The fraction of sp³-hybridized carbons (Fsp3) is 0.583. The summed E-state index contributed by atoms with van der Waals surface area (Å²) < 4.78 is 26.6. The maximum atomic E-state index is 12.0. The summed E-state index contributed by atoms with van der Waals surface area (Å²) in [6.45, 7) is 1.50. The Labute approximate surface area is 126 Å². The molecule has 20 heavy (non-hydrogen) atoms. The normalized spacial score (nSPS) is 21.0. The largest absolute Gasteiger partial charge is 0.398 e. The highest BCUT2D eigenvalue weighted by atomic mass is 79.9. The summed E-state index contributed by atoms with van der Waals surface area (Å²) in [5.74, 6) is 0.130. The lowest BCUT2D eigenvalue weighted by atomic mass is 9.99. The average Bonchev–Trinajstić information content (AvgIpc) is 2.35. The standard InChI is InChI=1S/C12H18BrN3O3S/c1-20(18,19)16-4-2-3-9(7-16)6-15-8-10(14)5-11(13)12(15)17/h5,8-9H,2-4,6-7,14H2,1H3. The van der Waals surface area contributed by atoms with Crippen molar-refractivity contribution in [3.63, 3.8) is 0 Å². The molecule has 2 heterocycles. The van der Waals surface area contributed by atoms with Crippen molar-refractivity contribution in [2.75, 3.05) is 25.1 Å². The minimum absolute atomic E-state index is 0.130. The highest BCUT2D eigenvalue weighted by Gasteiger charge is 2.26. The van der Waals surface area contributed by atoms with Gasteiger partial charge in [-0.05, 0) is 40.8 Å². The highest BCUT2D eigenvalue weighted by molar-refractivity contribution is 9.10. The summed E-state index contributed by atoms with van der Waals surface area (Å²) in [7, 11) is -3.17. The van der Waals surface area contributed by atoms with Crippen molar-refractivity contribution in [3.05, 3.63) is 27.1 Å². The Morgan fingerprint density at radius 3 is 2.85 bits per heavy atom. The number of nitrogens with zero attached hydrogens (tertiary/aromatic N) is 2. The van der Waals surface area contributed by atoms with Gasteiger partial charge >= 0.3 is 0 Å². The van der Waals surface area contributed by atoms with Crippen LogP contribution in [0, 0.1) is 5.92 Å². The number of nitrogens with two attached hydrogens (primary N) is 1. The number of anilines is 1. The van der Waals surface area contributed by atoms with Crippen LogP contribution in [-0.4, -0.2) is 36.6 Å². The molecule has 1 unspecified atom stereocenters. The van der Waals surface area contributed by atoms with E-state index in [1.54, 1.807) is 16.8 Å². The van der Waals surface area contributed by atoms with E-state index in [0.717, 1.165) is 12.8 Å². The molecule has 1 atom stereocenters. The Hall–Kier alpha value is -0.860. The van der Waals surface area contributed by atoms with Crippen LogP contribution in [0.1, 0.15) is 12.8 Å². The van der Waals surface area contributed by atoms with Gasteiger partial charge in [-0.2, -0.15) is 0 Å². The van der Waals surface area contributed by atoms with Crippen molar-refractivity contribution in [2.45, 2.75) is 19.4 Å². The van der Waals surface area contributed by atoms with Gasteiger partial charge in [-0.3, -0.25) is 4.79 Å². The molecule has 1 aromatic rings. The second kappa shape index (κ2) is 5.87. The molecule has 1 aliphatic rings. The lowest BCUT2D eigenvalue weighted by Crippen LogP contribution is -2.41. The first-order valence-corrected chi connectivity index (χ1v) is 9.02. The first kappa shape index (κ1) is 15.5. The van der Waals surface area contributed by atoms with E-state index in [1.807, 2.05) is 0 Å². The van der Waals surface area contributed by atoms with Gasteiger partial charge in [-0.1, -0.05) is 0 Å². The van der Waals surface area contributed by atoms with Crippen LogP contribution in [0.2, 0.25) is 0 Å².